The maximum Gasteiger partial charge on any atom is 0.405 e. The van der Waals surface area contributed by atoms with Gasteiger partial charge in [0.2, 0.25) is 5.95 Å². The van der Waals surface area contributed by atoms with Gasteiger partial charge in [0.25, 0.3) is 0 Å². The second kappa shape index (κ2) is 6.08. The monoisotopic (exact) mass is 332 g/mol. The Bertz CT molecular complexity index is 909. The van der Waals surface area contributed by atoms with Gasteiger partial charge in [-0.2, -0.15) is 28.4 Å². The van der Waals surface area contributed by atoms with Gasteiger partial charge in [0.1, 0.15) is 18.0 Å². The molecule has 0 aliphatic heterocycles. The lowest BCUT2D eigenvalue weighted by molar-refractivity contribution is -0.115. The van der Waals surface area contributed by atoms with Crippen LogP contribution in [0.25, 0.3) is 11.0 Å². The van der Waals surface area contributed by atoms with Crippen LogP contribution in [0, 0.1) is 11.3 Å². The molecule has 3 N–H and O–H groups in total. The smallest absolute Gasteiger partial charge is 0.360 e. The predicted octanol–water partition coefficient (Wildman–Crippen LogP) is 3.55. The van der Waals surface area contributed by atoms with Crippen molar-refractivity contribution in [1.82, 2.24) is 15.0 Å². The largest absolute Gasteiger partial charge is 0.405 e. The number of hydrogen-bond acceptors (Lipinski definition) is 5. The summed E-state index contributed by atoms with van der Waals surface area (Å²) in [7, 11) is 0. The second-order valence-electron chi connectivity index (χ2n) is 4.92. The van der Waals surface area contributed by atoms with Gasteiger partial charge in [0.05, 0.1) is 17.0 Å². The molecule has 0 saturated carbocycles. The molecule has 0 fully saturated rings. The van der Waals surface area contributed by atoms with E-state index in [-0.39, 0.29) is 11.8 Å². The summed E-state index contributed by atoms with van der Waals surface area (Å²) in [4.78, 5) is 11.1. The number of nitrogens with one attached hydrogen (secondary N) is 3. The SMILES string of the molecule is N#Cc1cccc(Nc2nc(NCC(F)(F)F)c3cc[nH]c3n2)c1. The van der Waals surface area contributed by atoms with Gasteiger partial charge >= 0.3 is 6.18 Å². The Hall–Kier alpha value is -3.28. The van der Waals surface area contributed by atoms with Gasteiger partial charge in [-0.1, -0.05) is 6.07 Å². The van der Waals surface area contributed by atoms with E-state index >= 15 is 0 Å². The van der Waals surface area contributed by atoms with Crippen LogP contribution in [0.2, 0.25) is 0 Å². The Morgan fingerprint density at radius 3 is 2.79 bits per heavy atom. The summed E-state index contributed by atoms with van der Waals surface area (Å²) < 4.78 is 37.3. The fourth-order valence-corrected chi connectivity index (χ4v) is 2.11. The van der Waals surface area contributed by atoms with Crippen molar-refractivity contribution in [3.05, 3.63) is 42.1 Å². The minimum Gasteiger partial charge on any atom is -0.360 e. The highest BCUT2D eigenvalue weighted by molar-refractivity contribution is 5.88. The van der Waals surface area contributed by atoms with E-state index < -0.39 is 12.7 Å². The van der Waals surface area contributed by atoms with Gasteiger partial charge in [-0.3, -0.25) is 0 Å². The van der Waals surface area contributed by atoms with Crippen LogP contribution < -0.4 is 10.6 Å². The highest BCUT2D eigenvalue weighted by Gasteiger charge is 2.27. The summed E-state index contributed by atoms with van der Waals surface area (Å²) in [5, 5.41) is 14.5. The van der Waals surface area contributed by atoms with Crippen molar-refractivity contribution in [2.75, 3.05) is 17.2 Å². The number of hydrogen-bond donors (Lipinski definition) is 3. The molecule has 0 aliphatic carbocycles. The van der Waals surface area contributed by atoms with Gasteiger partial charge in [-0.25, -0.2) is 0 Å². The van der Waals surface area contributed by atoms with Crippen LogP contribution in [0.5, 0.6) is 0 Å². The molecule has 1 aromatic carbocycles. The first-order chi connectivity index (χ1) is 11.4. The highest BCUT2D eigenvalue weighted by Crippen LogP contribution is 2.24. The van der Waals surface area contributed by atoms with Gasteiger partial charge in [-0.05, 0) is 24.3 Å². The standard InChI is InChI=1S/C15H11F3N6/c16-15(17,18)8-21-13-11-4-5-20-12(11)23-14(24-13)22-10-3-1-2-9(6-10)7-19/h1-6H,8H2,(H3,20,21,22,23,24). The van der Waals surface area contributed by atoms with Crippen molar-refractivity contribution in [2.24, 2.45) is 0 Å². The van der Waals surface area contributed by atoms with E-state index in [4.69, 9.17) is 5.26 Å². The summed E-state index contributed by atoms with van der Waals surface area (Å²) in [5.41, 5.74) is 1.40. The third-order valence-electron chi connectivity index (χ3n) is 3.12. The molecule has 0 saturated heterocycles. The van der Waals surface area contributed by atoms with Crippen LogP contribution in [0.15, 0.2) is 36.5 Å². The maximum atomic E-state index is 12.4. The molecular formula is C15H11F3N6. The number of benzene rings is 1. The summed E-state index contributed by atoms with van der Waals surface area (Å²) in [6.45, 7) is -1.20. The number of nitrogens with zero attached hydrogens (tertiary/aromatic N) is 3. The first kappa shape index (κ1) is 15.6. The molecule has 3 rings (SSSR count). The Morgan fingerprint density at radius 2 is 2.04 bits per heavy atom. The van der Waals surface area contributed by atoms with E-state index in [0.29, 0.717) is 22.3 Å². The molecule has 0 atom stereocenters. The number of aromatic amines is 1. The molecule has 9 heteroatoms. The number of nitriles is 1. The predicted molar refractivity (Wildman–Crippen MR) is 82.9 cm³/mol. The van der Waals surface area contributed by atoms with Crippen LogP contribution in [0.3, 0.4) is 0 Å². The molecular weight excluding hydrogens is 321 g/mol. The summed E-state index contributed by atoms with van der Waals surface area (Å²) >= 11 is 0. The molecule has 0 aliphatic rings. The maximum absolute atomic E-state index is 12.4. The molecule has 0 unspecified atom stereocenters. The van der Waals surface area contributed by atoms with Gasteiger partial charge in [0, 0.05) is 11.9 Å². The summed E-state index contributed by atoms with van der Waals surface area (Å²) in [6.07, 6.45) is -2.79. The number of H-pyrrole nitrogens is 1. The first-order valence-corrected chi connectivity index (χ1v) is 6.87. The van der Waals surface area contributed by atoms with Crippen LogP contribution >= 0.6 is 0 Å². The molecule has 3 aromatic rings. The van der Waals surface area contributed by atoms with Crippen molar-refractivity contribution < 1.29 is 13.2 Å². The zero-order chi connectivity index (χ0) is 17.2. The zero-order valence-corrected chi connectivity index (χ0v) is 12.1. The third kappa shape index (κ3) is 3.55. The second-order valence-corrected chi connectivity index (χ2v) is 4.92. The number of rotatable bonds is 4. The van der Waals surface area contributed by atoms with Gasteiger partial charge in [-0.15, -0.1) is 0 Å². The Labute approximate surface area is 134 Å². The van der Waals surface area contributed by atoms with Crippen LogP contribution in [-0.2, 0) is 0 Å². The molecule has 122 valence electrons. The quantitative estimate of drug-likeness (QED) is 0.680. The van der Waals surface area contributed by atoms with Crippen molar-refractivity contribution in [1.29, 1.82) is 5.26 Å². The number of aromatic nitrogens is 3. The van der Waals surface area contributed by atoms with E-state index in [1.807, 2.05) is 6.07 Å². The van der Waals surface area contributed by atoms with Crippen LogP contribution in [0.1, 0.15) is 5.56 Å². The third-order valence-corrected chi connectivity index (χ3v) is 3.12. The van der Waals surface area contributed by atoms with Crippen molar-refractivity contribution in [2.45, 2.75) is 6.18 Å². The number of anilines is 3. The minimum absolute atomic E-state index is 0.0671. The van der Waals surface area contributed by atoms with Crippen molar-refractivity contribution in [3.8, 4) is 6.07 Å². The molecule has 6 nitrogen and oxygen atoms in total. The topological polar surface area (TPSA) is 89.4 Å². The van der Waals surface area contributed by atoms with E-state index in [1.165, 1.54) is 0 Å². The molecule has 24 heavy (non-hydrogen) atoms. The molecule has 0 amide bonds. The summed E-state index contributed by atoms with van der Waals surface area (Å²) in [5.74, 6) is 0.183. The first-order valence-electron chi connectivity index (χ1n) is 6.87. The molecule has 2 heterocycles. The Balaban J connectivity index is 1.92. The lowest BCUT2D eigenvalue weighted by Crippen LogP contribution is -2.22. The zero-order valence-electron chi connectivity index (χ0n) is 12.1. The number of halogens is 3. The van der Waals surface area contributed by atoms with E-state index in [0.717, 1.165) is 0 Å². The summed E-state index contributed by atoms with van der Waals surface area (Å²) in [6, 6.07) is 10.2. The average Bonchev–Trinajstić information content (AvgIpc) is 3.00. The van der Waals surface area contributed by atoms with E-state index in [9.17, 15) is 13.2 Å². The minimum atomic E-state index is -4.36. The lowest BCUT2D eigenvalue weighted by Gasteiger charge is -2.11. The van der Waals surface area contributed by atoms with Crippen molar-refractivity contribution in [3.63, 3.8) is 0 Å². The molecule has 2 aromatic heterocycles. The average molecular weight is 332 g/mol. The lowest BCUT2D eigenvalue weighted by atomic mass is 10.2. The van der Waals surface area contributed by atoms with E-state index in [1.54, 1.807) is 36.5 Å². The molecule has 0 radical (unpaired) electrons. The van der Waals surface area contributed by atoms with E-state index in [2.05, 4.69) is 25.6 Å². The van der Waals surface area contributed by atoms with Crippen LogP contribution in [-0.4, -0.2) is 27.7 Å². The van der Waals surface area contributed by atoms with Gasteiger partial charge < -0.3 is 15.6 Å². The Morgan fingerprint density at radius 1 is 1.21 bits per heavy atom. The van der Waals surface area contributed by atoms with Gasteiger partial charge in [0.15, 0.2) is 0 Å². The fraction of sp³-hybridized carbons (Fsp3) is 0.133. The number of alkyl halides is 3. The molecule has 0 spiro atoms. The fourth-order valence-electron chi connectivity index (χ4n) is 2.11. The van der Waals surface area contributed by atoms with Crippen LogP contribution in [0.4, 0.5) is 30.6 Å². The van der Waals surface area contributed by atoms with Crippen molar-refractivity contribution >= 4 is 28.5 Å². The number of fused-ring (bicyclic) bond motifs is 1. The Kier molecular flexibility index (Phi) is 3.95. The highest BCUT2D eigenvalue weighted by atomic mass is 19.4. The normalized spacial score (nSPS) is 11.2. The molecule has 0 bridgehead atoms.